The predicted octanol–water partition coefficient (Wildman–Crippen LogP) is 3.91. The molecule has 0 radical (unpaired) electrons. The maximum Gasteiger partial charge on any atom is 0.184 e. The van der Waals surface area contributed by atoms with Crippen molar-refractivity contribution in [3.05, 3.63) is 39.4 Å². The first-order valence-corrected chi connectivity index (χ1v) is 5.30. The van der Waals surface area contributed by atoms with Gasteiger partial charge in [0.15, 0.2) is 4.47 Å². The normalized spacial score (nSPS) is 10.5. The highest BCUT2D eigenvalue weighted by atomic mass is 35.5. The van der Waals surface area contributed by atoms with Crippen LogP contribution in [0.25, 0.3) is 11.3 Å². The van der Waals surface area contributed by atoms with Gasteiger partial charge < -0.3 is 0 Å². The van der Waals surface area contributed by atoms with Crippen LogP contribution in [0.3, 0.4) is 0 Å². The molecule has 4 heteroatoms. The van der Waals surface area contributed by atoms with E-state index in [9.17, 15) is 4.39 Å². The Morgan fingerprint density at radius 1 is 1.43 bits per heavy atom. The third-order valence-corrected chi connectivity index (χ3v) is 2.91. The fraction of sp³-hybridized carbons (Fsp3) is 0.100. The van der Waals surface area contributed by atoms with E-state index in [2.05, 4.69) is 4.98 Å². The van der Waals surface area contributed by atoms with Gasteiger partial charge in [0.1, 0.15) is 5.82 Å². The number of hydrogen-bond donors (Lipinski definition) is 0. The Hall–Kier alpha value is -0.930. The van der Waals surface area contributed by atoms with Crippen LogP contribution in [0, 0.1) is 12.7 Å². The lowest BCUT2D eigenvalue weighted by molar-refractivity contribution is 0.619. The summed E-state index contributed by atoms with van der Waals surface area (Å²) in [5.74, 6) is -0.199. The van der Waals surface area contributed by atoms with E-state index in [4.69, 9.17) is 11.6 Å². The van der Waals surface area contributed by atoms with Crippen molar-refractivity contribution in [1.82, 2.24) is 4.98 Å². The summed E-state index contributed by atoms with van der Waals surface area (Å²) >= 11 is 7.08. The van der Waals surface area contributed by atoms with Crippen LogP contribution in [-0.2, 0) is 0 Å². The maximum atomic E-state index is 13.0. The molecule has 0 aliphatic carbocycles. The summed E-state index contributed by atoms with van der Waals surface area (Å²) in [7, 11) is 0. The molecule has 14 heavy (non-hydrogen) atoms. The Labute approximate surface area is 90.2 Å². The summed E-state index contributed by atoms with van der Waals surface area (Å²) in [5, 5.41) is 1.86. The van der Waals surface area contributed by atoms with E-state index in [1.54, 1.807) is 19.1 Å². The van der Waals surface area contributed by atoms with E-state index in [0.717, 1.165) is 11.3 Å². The lowest BCUT2D eigenvalue weighted by Crippen LogP contribution is -1.84. The summed E-state index contributed by atoms with van der Waals surface area (Å²) in [6.45, 7) is 1.73. The minimum absolute atomic E-state index is 0.199. The Morgan fingerprint density at radius 3 is 2.79 bits per heavy atom. The highest BCUT2D eigenvalue weighted by molar-refractivity contribution is 7.14. The molecule has 0 atom stereocenters. The Bertz CT molecular complexity index is 467. The molecule has 0 amide bonds. The number of thiazole rings is 1. The molecule has 0 aliphatic heterocycles. The van der Waals surface area contributed by atoms with Gasteiger partial charge in [0.25, 0.3) is 0 Å². The van der Waals surface area contributed by atoms with Crippen LogP contribution >= 0.6 is 22.9 Å². The number of benzene rings is 1. The van der Waals surface area contributed by atoms with Gasteiger partial charge in [-0.2, -0.15) is 0 Å². The van der Waals surface area contributed by atoms with Crippen LogP contribution in [-0.4, -0.2) is 4.98 Å². The number of aryl methyl sites for hydroxylation is 1. The predicted molar refractivity (Wildman–Crippen MR) is 57.3 cm³/mol. The van der Waals surface area contributed by atoms with Crippen molar-refractivity contribution in [3.8, 4) is 11.3 Å². The molecule has 2 rings (SSSR count). The second-order valence-electron chi connectivity index (χ2n) is 2.95. The van der Waals surface area contributed by atoms with E-state index in [1.165, 1.54) is 17.4 Å². The third-order valence-electron chi connectivity index (χ3n) is 1.93. The molecule has 0 saturated carbocycles. The Balaban J connectivity index is 2.47. The number of hydrogen-bond acceptors (Lipinski definition) is 2. The van der Waals surface area contributed by atoms with Gasteiger partial charge in [-0.3, -0.25) is 0 Å². The summed E-state index contributed by atoms with van der Waals surface area (Å²) in [5.41, 5.74) is 2.31. The van der Waals surface area contributed by atoms with Gasteiger partial charge in [0.05, 0.1) is 5.69 Å². The molecule has 1 aromatic carbocycles. The minimum atomic E-state index is -0.199. The summed E-state index contributed by atoms with van der Waals surface area (Å²) in [6, 6.07) is 4.91. The van der Waals surface area contributed by atoms with Crippen molar-refractivity contribution in [2.75, 3.05) is 0 Å². The van der Waals surface area contributed by atoms with Crippen molar-refractivity contribution in [3.63, 3.8) is 0 Å². The highest BCUT2D eigenvalue weighted by Crippen LogP contribution is 2.25. The number of nitrogens with zero attached hydrogens (tertiary/aromatic N) is 1. The van der Waals surface area contributed by atoms with Crippen molar-refractivity contribution in [2.24, 2.45) is 0 Å². The first-order valence-electron chi connectivity index (χ1n) is 4.04. The molecule has 0 unspecified atom stereocenters. The lowest BCUT2D eigenvalue weighted by atomic mass is 10.1. The first-order chi connectivity index (χ1) is 6.66. The average Bonchev–Trinajstić information content (AvgIpc) is 2.57. The number of aromatic nitrogens is 1. The quantitative estimate of drug-likeness (QED) is 0.720. The molecule has 1 aromatic heterocycles. The Kier molecular flexibility index (Phi) is 2.52. The van der Waals surface area contributed by atoms with Gasteiger partial charge in [0, 0.05) is 10.9 Å². The van der Waals surface area contributed by atoms with Gasteiger partial charge >= 0.3 is 0 Å². The van der Waals surface area contributed by atoms with Crippen LogP contribution in [0.15, 0.2) is 23.6 Å². The van der Waals surface area contributed by atoms with E-state index < -0.39 is 0 Å². The van der Waals surface area contributed by atoms with Gasteiger partial charge in [-0.05, 0) is 30.7 Å². The molecule has 0 bridgehead atoms. The average molecular weight is 228 g/mol. The molecular formula is C10H7ClFNS. The molecule has 0 saturated heterocycles. The van der Waals surface area contributed by atoms with Gasteiger partial charge in [0.2, 0.25) is 0 Å². The fourth-order valence-electron chi connectivity index (χ4n) is 1.19. The molecular weight excluding hydrogens is 221 g/mol. The maximum absolute atomic E-state index is 13.0. The zero-order valence-electron chi connectivity index (χ0n) is 7.42. The molecule has 72 valence electrons. The fourth-order valence-corrected chi connectivity index (χ4v) is 1.96. The molecule has 2 aromatic rings. The smallest absolute Gasteiger partial charge is 0.184 e. The van der Waals surface area contributed by atoms with E-state index in [1.807, 2.05) is 5.38 Å². The SMILES string of the molecule is Cc1cc(-c2csc(Cl)n2)ccc1F. The van der Waals surface area contributed by atoms with Crippen LogP contribution in [0.4, 0.5) is 4.39 Å². The zero-order valence-corrected chi connectivity index (χ0v) is 8.99. The van der Waals surface area contributed by atoms with Crippen molar-refractivity contribution in [1.29, 1.82) is 0 Å². The van der Waals surface area contributed by atoms with Crippen molar-refractivity contribution >= 4 is 22.9 Å². The van der Waals surface area contributed by atoms with E-state index in [0.29, 0.717) is 10.0 Å². The number of halogens is 2. The molecule has 0 aliphatic rings. The standard InChI is InChI=1S/C10H7ClFNS/c1-6-4-7(2-3-8(6)12)9-5-14-10(11)13-9/h2-5H,1H3. The number of rotatable bonds is 1. The third kappa shape index (κ3) is 1.79. The van der Waals surface area contributed by atoms with Gasteiger partial charge in [-0.15, -0.1) is 11.3 Å². The molecule has 1 heterocycles. The zero-order chi connectivity index (χ0) is 10.1. The summed E-state index contributed by atoms with van der Waals surface area (Å²) < 4.78 is 13.5. The van der Waals surface area contributed by atoms with Crippen LogP contribution < -0.4 is 0 Å². The monoisotopic (exact) mass is 227 g/mol. The first kappa shape index (κ1) is 9.62. The molecule has 1 nitrogen and oxygen atoms in total. The van der Waals surface area contributed by atoms with Crippen LogP contribution in [0.1, 0.15) is 5.56 Å². The van der Waals surface area contributed by atoms with Gasteiger partial charge in [-0.1, -0.05) is 11.6 Å². The molecule has 0 N–H and O–H groups in total. The van der Waals surface area contributed by atoms with E-state index >= 15 is 0 Å². The van der Waals surface area contributed by atoms with Crippen molar-refractivity contribution in [2.45, 2.75) is 6.92 Å². The summed E-state index contributed by atoms with van der Waals surface area (Å²) in [6.07, 6.45) is 0. The highest BCUT2D eigenvalue weighted by Gasteiger charge is 2.04. The van der Waals surface area contributed by atoms with E-state index in [-0.39, 0.29) is 5.82 Å². The lowest BCUT2D eigenvalue weighted by Gasteiger charge is -1.99. The topological polar surface area (TPSA) is 12.9 Å². The van der Waals surface area contributed by atoms with Crippen LogP contribution in [0.2, 0.25) is 4.47 Å². The Morgan fingerprint density at radius 2 is 2.21 bits per heavy atom. The second kappa shape index (κ2) is 3.67. The second-order valence-corrected chi connectivity index (χ2v) is 4.39. The van der Waals surface area contributed by atoms with Gasteiger partial charge in [-0.25, -0.2) is 9.37 Å². The van der Waals surface area contributed by atoms with Crippen LogP contribution in [0.5, 0.6) is 0 Å². The molecule has 0 fully saturated rings. The molecule has 0 spiro atoms. The minimum Gasteiger partial charge on any atom is -0.225 e. The van der Waals surface area contributed by atoms with Crippen molar-refractivity contribution < 1.29 is 4.39 Å². The summed E-state index contributed by atoms with van der Waals surface area (Å²) in [4.78, 5) is 4.11. The largest absolute Gasteiger partial charge is 0.225 e.